The number of nitrogens with zero attached hydrogens (tertiary/aromatic N) is 1. The molecule has 0 radical (unpaired) electrons. The van der Waals surface area contributed by atoms with Crippen molar-refractivity contribution in [1.82, 2.24) is 9.71 Å². The monoisotopic (exact) mass is 650 g/mol. The lowest BCUT2D eigenvalue weighted by Crippen LogP contribution is -2.62. The lowest BCUT2D eigenvalue weighted by Gasteiger charge is -2.64. The van der Waals surface area contributed by atoms with Gasteiger partial charge in [-0.15, -0.1) is 0 Å². The maximum absolute atomic E-state index is 12.9. The van der Waals surface area contributed by atoms with Gasteiger partial charge in [-0.05, 0) is 122 Å². The van der Waals surface area contributed by atoms with Crippen LogP contribution in [0.5, 0.6) is 0 Å². The third-order valence-electron chi connectivity index (χ3n) is 13.6. The number of aliphatic hydroxyl groups excluding tert-OH is 2. The Hall–Kier alpha value is -2.29. The molecule has 6 rings (SSSR count). The first-order chi connectivity index (χ1) is 21.9. The van der Waals surface area contributed by atoms with Crippen molar-refractivity contribution in [3.63, 3.8) is 0 Å². The Bertz CT molecular complexity index is 1480. The van der Waals surface area contributed by atoms with Gasteiger partial charge in [0, 0.05) is 18.2 Å². The van der Waals surface area contributed by atoms with Crippen molar-refractivity contribution < 1.29 is 23.4 Å². The molecule has 3 unspecified atom stereocenters. The summed E-state index contributed by atoms with van der Waals surface area (Å²) in [6, 6.07) is 12.7. The molecule has 0 saturated heterocycles. The number of benzene rings is 1. The van der Waals surface area contributed by atoms with Gasteiger partial charge in [0.2, 0.25) is 5.91 Å². The number of nitrogens with one attached hydrogen (secondary N) is 1. The van der Waals surface area contributed by atoms with Gasteiger partial charge in [0.05, 0.1) is 17.9 Å². The molecule has 1 aromatic heterocycles. The molecular weight excluding hydrogens is 596 g/mol. The van der Waals surface area contributed by atoms with Gasteiger partial charge in [0.15, 0.2) is 0 Å². The second-order valence-electron chi connectivity index (χ2n) is 15.8. The molecule has 0 spiro atoms. The van der Waals surface area contributed by atoms with Gasteiger partial charge in [0.25, 0.3) is 10.0 Å². The van der Waals surface area contributed by atoms with Crippen molar-refractivity contribution in [1.29, 1.82) is 0 Å². The SMILES string of the molecule is CC[C@H]1[C@@H](O)C2C3CC[C@H]([C@H](C)CCCC(=O)NS(=O)(=O)c4ccc(-c5ccccc5)nc4)[C@@]3(C)CCC2[C@@]2(C)CC[C@@H](O)C[C@@H]12. The van der Waals surface area contributed by atoms with E-state index in [0.717, 1.165) is 56.9 Å². The van der Waals surface area contributed by atoms with Gasteiger partial charge in [-0.1, -0.05) is 64.4 Å². The number of rotatable bonds is 9. The van der Waals surface area contributed by atoms with Crippen LogP contribution in [0.3, 0.4) is 0 Å². The fraction of sp³-hybridized carbons (Fsp3) is 0.684. The third kappa shape index (κ3) is 5.96. The van der Waals surface area contributed by atoms with E-state index in [-0.39, 0.29) is 40.3 Å². The van der Waals surface area contributed by atoms with Crippen molar-refractivity contribution in [2.45, 2.75) is 115 Å². The molecule has 4 saturated carbocycles. The molecule has 2 aromatic rings. The first kappa shape index (κ1) is 33.6. The van der Waals surface area contributed by atoms with Crippen LogP contribution in [0.4, 0.5) is 0 Å². The molecule has 0 bridgehead atoms. The minimum Gasteiger partial charge on any atom is -0.393 e. The first-order valence-corrected chi connectivity index (χ1v) is 19.3. The van der Waals surface area contributed by atoms with Crippen molar-refractivity contribution in [2.75, 3.05) is 0 Å². The maximum atomic E-state index is 12.9. The molecule has 3 N–H and O–H groups in total. The normalized spacial score (nSPS) is 37.9. The van der Waals surface area contributed by atoms with E-state index in [9.17, 15) is 23.4 Å². The van der Waals surface area contributed by atoms with E-state index in [1.165, 1.54) is 18.7 Å². The van der Waals surface area contributed by atoms with Crippen molar-refractivity contribution >= 4 is 15.9 Å². The summed E-state index contributed by atoms with van der Waals surface area (Å²) in [5.41, 5.74) is 1.93. The van der Waals surface area contributed by atoms with Crippen LogP contribution in [0.1, 0.15) is 98.3 Å². The quantitative estimate of drug-likeness (QED) is 0.270. The number of sulfonamides is 1. The van der Waals surface area contributed by atoms with Gasteiger partial charge >= 0.3 is 0 Å². The first-order valence-electron chi connectivity index (χ1n) is 17.8. The lowest BCUT2D eigenvalue weighted by atomic mass is 9.41. The Morgan fingerprint density at radius 2 is 1.70 bits per heavy atom. The van der Waals surface area contributed by atoms with Crippen LogP contribution >= 0.6 is 0 Å². The van der Waals surface area contributed by atoms with E-state index in [2.05, 4.69) is 37.4 Å². The summed E-state index contributed by atoms with van der Waals surface area (Å²) >= 11 is 0. The molecule has 1 aromatic carbocycles. The summed E-state index contributed by atoms with van der Waals surface area (Å²) in [7, 11) is -3.99. The average molecular weight is 651 g/mol. The van der Waals surface area contributed by atoms with Gasteiger partial charge in [-0.2, -0.15) is 0 Å². The predicted octanol–water partition coefficient (Wildman–Crippen LogP) is 6.99. The highest BCUT2D eigenvalue weighted by Crippen LogP contribution is 2.69. The summed E-state index contributed by atoms with van der Waals surface area (Å²) in [6.45, 7) is 9.49. The summed E-state index contributed by atoms with van der Waals surface area (Å²) in [5, 5.41) is 22.5. The summed E-state index contributed by atoms with van der Waals surface area (Å²) in [6.07, 6.45) is 10.8. The molecule has 1 heterocycles. The van der Waals surface area contributed by atoms with Gasteiger partial charge in [-0.25, -0.2) is 13.1 Å². The molecule has 4 aliphatic rings. The molecule has 7 nitrogen and oxygen atoms in total. The maximum Gasteiger partial charge on any atom is 0.265 e. The molecule has 11 atom stereocenters. The van der Waals surface area contributed by atoms with Crippen molar-refractivity contribution in [2.24, 2.45) is 52.3 Å². The zero-order chi connectivity index (χ0) is 32.9. The summed E-state index contributed by atoms with van der Waals surface area (Å²) < 4.78 is 28.1. The summed E-state index contributed by atoms with van der Waals surface area (Å²) in [4.78, 5) is 17.1. The number of amides is 1. The number of aromatic nitrogens is 1. The molecular formula is C38H54N2O5S. The number of carbonyl (C=O) groups excluding carboxylic acids is 1. The van der Waals surface area contributed by atoms with E-state index in [4.69, 9.17) is 0 Å². The second-order valence-corrected chi connectivity index (χ2v) is 17.4. The Morgan fingerprint density at radius 1 is 0.978 bits per heavy atom. The molecule has 46 heavy (non-hydrogen) atoms. The smallest absolute Gasteiger partial charge is 0.265 e. The number of pyridine rings is 1. The molecule has 0 aliphatic heterocycles. The molecule has 4 aliphatic carbocycles. The summed E-state index contributed by atoms with van der Waals surface area (Å²) in [5.74, 6) is 2.47. The highest BCUT2D eigenvalue weighted by atomic mass is 32.2. The number of hydrogen-bond acceptors (Lipinski definition) is 6. The standard InChI is InChI=1S/C38H54N2O5S/c1-5-28-32-22-26(41)18-20-38(32,4)31-19-21-37(3)29(15-16-30(37)35(31)36(28)43)24(2)10-9-13-34(42)40-46(44,45)27-14-17-33(39-23-27)25-11-7-6-8-12-25/h6-8,11-12,14,17,23-24,26,28-32,35-36,41,43H,5,9-10,13,15-16,18-22H2,1-4H3,(H,40,42)/t24-,26-,28-,29-,30?,31?,32+,35?,36-,37-,38-/m1/s1. The van der Waals surface area contributed by atoms with E-state index >= 15 is 0 Å². The van der Waals surface area contributed by atoms with Crippen molar-refractivity contribution in [3.8, 4) is 11.3 Å². The van der Waals surface area contributed by atoms with E-state index in [1.807, 2.05) is 30.3 Å². The molecule has 252 valence electrons. The zero-order valence-electron chi connectivity index (χ0n) is 28.1. The minimum atomic E-state index is -3.99. The van der Waals surface area contributed by atoms with Crippen LogP contribution in [0.15, 0.2) is 53.6 Å². The topological polar surface area (TPSA) is 117 Å². The molecule has 8 heteroatoms. The number of aliphatic hydroxyl groups is 2. The largest absolute Gasteiger partial charge is 0.393 e. The van der Waals surface area contributed by atoms with Crippen LogP contribution in [0.25, 0.3) is 11.3 Å². The molecule has 4 fully saturated rings. The molecule has 1 amide bonds. The van der Waals surface area contributed by atoms with E-state index in [1.54, 1.807) is 6.07 Å². The Balaban J connectivity index is 1.05. The van der Waals surface area contributed by atoms with E-state index < -0.39 is 15.9 Å². The highest BCUT2D eigenvalue weighted by Gasteiger charge is 2.64. The Kier molecular flexibility index (Phi) is 9.47. The average Bonchev–Trinajstić information content (AvgIpc) is 3.39. The third-order valence-corrected chi connectivity index (χ3v) is 14.9. The van der Waals surface area contributed by atoms with Gasteiger partial charge in [0.1, 0.15) is 4.90 Å². The van der Waals surface area contributed by atoms with Crippen LogP contribution in [-0.4, -0.2) is 41.7 Å². The second kappa shape index (κ2) is 13.0. The lowest BCUT2D eigenvalue weighted by molar-refractivity contribution is -0.203. The van der Waals surface area contributed by atoms with Gasteiger partial charge < -0.3 is 10.2 Å². The minimum absolute atomic E-state index is 0.0192. The van der Waals surface area contributed by atoms with Crippen molar-refractivity contribution in [3.05, 3.63) is 48.7 Å². The predicted molar refractivity (Wildman–Crippen MR) is 180 cm³/mol. The Morgan fingerprint density at radius 3 is 2.39 bits per heavy atom. The van der Waals surface area contributed by atoms with E-state index in [0.29, 0.717) is 47.6 Å². The van der Waals surface area contributed by atoms with Crippen LogP contribution in [0, 0.1) is 52.3 Å². The number of carbonyl (C=O) groups is 1. The van der Waals surface area contributed by atoms with Gasteiger partial charge in [-0.3, -0.25) is 9.78 Å². The highest BCUT2D eigenvalue weighted by molar-refractivity contribution is 7.90. The number of hydrogen-bond donors (Lipinski definition) is 3. The zero-order valence-corrected chi connectivity index (χ0v) is 28.9. The fourth-order valence-corrected chi connectivity index (χ4v) is 12.3. The van der Waals surface area contributed by atoms with Crippen LogP contribution in [0.2, 0.25) is 0 Å². The van der Waals surface area contributed by atoms with Crippen LogP contribution < -0.4 is 4.72 Å². The fourth-order valence-electron chi connectivity index (χ4n) is 11.3. The van der Waals surface area contributed by atoms with Crippen LogP contribution in [-0.2, 0) is 14.8 Å². The number of fused-ring (bicyclic) bond motifs is 5. The Labute approximate surface area is 276 Å².